The van der Waals surface area contributed by atoms with Crippen molar-refractivity contribution in [2.45, 2.75) is 50.9 Å². The Balaban J connectivity index is 2.27. The van der Waals surface area contributed by atoms with Gasteiger partial charge < -0.3 is 9.52 Å². The molecular weight excluding hydrogens is 244 g/mol. The van der Waals surface area contributed by atoms with E-state index in [4.69, 9.17) is 9.52 Å². The molecule has 1 aliphatic rings. The standard InChI is InChI=1S/C12H15F2NO3/c13-10(14)8-9(12(16)17)18-11(15-8)7-5-3-1-2-4-6-7/h7,10H,1-6H2,(H,16,17). The summed E-state index contributed by atoms with van der Waals surface area (Å²) < 4.78 is 30.4. The number of alkyl halides is 2. The normalized spacial score (nSPS) is 17.9. The maximum absolute atomic E-state index is 12.7. The molecule has 1 aromatic rings. The van der Waals surface area contributed by atoms with Crippen LogP contribution in [0.3, 0.4) is 0 Å². The van der Waals surface area contributed by atoms with E-state index in [1.807, 2.05) is 0 Å². The molecule has 0 amide bonds. The van der Waals surface area contributed by atoms with E-state index in [2.05, 4.69) is 4.98 Å². The zero-order chi connectivity index (χ0) is 13.1. The third-order valence-electron chi connectivity index (χ3n) is 3.28. The Labute approximate surface area is 103 Å². The second-order valence-corrected chi connectivity index (χ2v) is 4.56. The molecular formula is C12H15F2NO3. The minimum absolute atomic E-state index is 0.0295. The Bertz CT molecular complexity index is 423. The topological polar surface area (TPSA) is 63.3 Å². The van der Waals surface area contributed by atoms with E-state index in [0.29, 0.717) is 0 Å². The fourth-order valence-electron chi connectivity index (χ4n) is 2.35. The average molecular weight is 259 g/mol. The predicted octanol–water partition coefficient (Wildman–Crippen LogP) is 3.75. The molecule has 1 aromatic heterocycles. The van der Waals surface area contributed by atoms with E-state index >= 15 is 0 Å². The summed E-state index contributed by atoms with van der Waals surface area (Å²) >= 11 is 0. The number of aromatic nitrogens is 1. The van der Waals surface area contributed by atoms with Gasteiger partial charge in [-0.25, -0.2) is 18.6 Å². The van der Waals surface area contributed by atoms with Crippen LogP contribution >= 0.6 is 0 Å². The molecule has 100 valence electrons. The predicted molar refractivity (Wildman–Crippen MR) is 58.9 cm³/mol. The van der Waals surface area contributed by atoms with Gasteiger partial charge in [0.05, 0.1) is 0 Å². The number of nitrogens with zero attached hydrogens (tertiary/aromatic N) is 1. The summed E-state index contributed by atoms with van der Waals surface area (Å²) in [4.78, 5) is 14.5. The zero-order valence-electron chi connectivity index (χ0n) is 9.86. The van der Waals surface area contributed by atoms with Gasteiger partial charge in [-0.05, 0) is 12.8 Å². The number of halogens is 2. The van der Waals surface area contributed by atoms with Gasteiger partial charge in [0.2, 0.25) is 5.76 Å². The van der Waals surface area contributed by atoms with Gasteiger partial charge >= 0.3 is 5.97 Å². The van der Waals surface area contributed by atoms with Crippen LogP contribution < -0.4 is 0 Å². The Kier molecular flexibility index (Phi) is 3.93. The van der Waals surface area contributed by atoms with Gasteiger partial charge in [0.1, 0.15) is 0 Å². The van der Waals surface area contributed by atoms with Crippen LogP contribution in [0.15, 0.2) is 4.42 Å². The molecule has 0 aliphatic heterocycles. The average Bonchev–Trinajstić information content (AvgIpc) is 2.59. The molecule has 0 unspecified atom stereocenters. The molecule has 0 atom stereocenters. The Morgan fingerprint density at radius 3 is 2.33 bits per heavy atom. The molecule has 0 spiro atoms. The van der Waals surface area contributed by atoms with Crippen LogP contribution in [0, 0.1) is 0 Å². The van der Waals surface area contributed by atoms with Crippen molar-refractivity contribution in [3.8, 4) is 0 Å². The molecule has 0 saturated heterocycles. The third-order valence-corrected chi connectivity index (χ3v) is 3.28. The number of carboxylic acids is 1. The van der Waals surface area contributed by atoms with E-state index in [0.717, 1.165) is 38.5 Å². The van der Waals surface area contributed by atoms with Crippen molar-refractivity contribution in [1.82, 2.24) is 4.98 Å². The minimum atomic E-state index is -2.92. The lowest BCUT2D eigenvalue weighted by Crippen LogP contribution is -2.00. The first-order valence-corrected chi connectivity index (χ1v) is 6.11. The molecule has 4 nitrogen and oxygen atoms in total. The molecule has 0 aromatic carbocycles. The van der Waals surface area contributed by atoms with Crippen molar-refractivity contribution in [2.75, 3.05) is 0 Å². The Hall–Kier alpha value is -1.46. The molecule has 1 fully saturated rings. The minimum Gasteiger partial charge on any atom is -0.475 e. The second kappa shape index (κ2) is 5.46. The van der Waals surface area contributed by atoms with Crippen molar-refractivity contribution in [1.29, 1.82) is 0 Å². The summed E-state index contributed by atoms with van der Waals surface area (Å²) in [5.74, 6) is -2.08. The van der Waals surface area contributed by atoms with E-state index in [-0.39, 0.29) is 11.8 Å². The third kappa shape index (κ3) is 2.68. The summed E-state index contributed by atoms with van der Waals surface area (Å²) in [5, 5.41) is 8.81. The van der Waals surface area contributed by atoms with Gasteiger partial charge in [-0.15, -0.1) is 0 Å². The quantitative estimate of drug-likeness (QED) is 0.839. The van der Waals surface area contributed by atoms with Crippen LogP contribution in [0.25, 0.3) is 0 Å². The Morgan fingerprint density at radius 1 is 1.28 bits per heavy atom. The Morgan fingerprint density at radius 2 is 1.89 bits per heavy atom. The molecule has 0 radical (unpaired) electrons. The van der Waals surface area contributed by atoms with E-state index in [1.165, 1.54) is 0 Å². The van der Waals surface area contributed by atoms with Crippen LogP contribution in [-0.2, 0) is 0 Å². The van der Waals surface area contributed by atoms with Gasteiger partial charge in [0.15, 0.2) is 11.6 Å². The van der Waals surface area contributed by atoms with Crippen molar-refractivity contribution >= 4 is 5.97 Å². The smallest absolute Gasteiger partial charge is 0.374 e. The first-order chi connectivity index (χ1) is 8.59. The van der Waals surface area contributed by atoms with Gasteiger partial charge in [0, 0.05) is 5.92 Å². The fraction of sp³-hybridized carbons (Fsp3) is 0.667. The summed E-state index contributed by atoms with van der Waals surface area (Å²) in [6.45, 7) is 0. The molecule has 6 heteroatoms. The molecule has 18 heavy (non-hydrogen) atoms. The van der Waals surface area contributed by atoms with Crippen LogP contribution in [0.2, 0.25) is 0 Å². The van der Waals surface area contributed by atoms with E-state index in [9.17, 15) is 13.6 Å². The lowest BCUT2D eigenvalue weighted by Gasteiger charge is -2.08. The molecule has 2 rings (SSSR count). The lowest BCUT2D eigenvalue weighted by atomic mass is 10.0. The lowest BCUT2D eigenvalue weighted by molar-refractivity contribution is 0.0643. The molecule has 1 saturated carbocycles. The monoisotopic (exact) mass is 259 g/mol. The van der Waals surface area contributed by atoms with Crippen LogP contribution in [0.1, 0.15) is 73.0 Å². The number of carboxylic acid groups (broad SMARTS) is 1. The van der Waals surface area contributed by atoms with Crippen LogP contribution in [-0.4, -0.2) is 16.1 Å². The van der Waals surface area contributed by atoms with Crippen LogP contribution in [0.5, 0.6) is 0 Å². The first-order valence-electron chi connectivity index (χ1n) is 6.11. The highest BCUT2D eigenvalue weighted by Crippen LogP contribution is 2.34. The summed E-state index contributed by atoms with van der Waals surface area (Å²) in [6, 6.07) is 0. The summed E-state index contributed by atoms with van der Waals surface area (Å²) in [5.41, 5.74) is -0.748. The first kappa shape index (κ1) is 13.0. The SMILES string of the molecule is O=C(O)c1oc(C2CCCCCC2)nc1C(F)F. The number of aromatic carboxylic acids is 1. The maximum Gasteiger partial charge on any atom is 0.374 e. The van der Waals surface area contributed by atoms with E-state index in [1.54, 1.807) is 0 Å². The van der Waals surface area contributed by atoms with Gasteiger partial charge in [-0.3, -0.25) is 0 Å². The molecule has 1 aliphatic carbocycles. The number of oxazole rings is 1. The highest BCUT2D eigenvalue weighted by Gasteiger charge is 2.29. The van der Waals surface area contributed by atoms with Crippen LogP contribution in [0.4, 0.5) is 8.78 Å². The molecule has 1 N–H and O–H groups in total. The largest absolute Gasteiger partial charge is 0.475 e. The molecule has 1 heterocycles. The number of hydrogen-bond donors (Lipinski definition) is 1. The van der Waals surface area contributed by atoms with Gasteiger partial charge in [-0.1, -0.05) is 25.7 Å². The number of rotatable bonds is 3. The van der Waals surface area contributed by atoms with Gasteiger partial charge in [0.25, 0.3) is 6.43 Å². The number of carbonyl (C=O) groups is 1. The highest BCUT2D eigenvalue weighted by molar-refractivity contribution is 5.85. The molecule has 0 bridgehead atoms. The zero-order valence-corrected chi connectivity index (χ0v) is 9.86. The summed E-state index contributed by atoms with van der Waals surface area (Å²) in [7, 11) is 0. The summed E-state index contributed by atoms with van der Waals surface area (Å²) in [6.07, 6.45) is 2.96. The van der Waals surface area contributed by atoms with Crippen molar-refractivity contribution in [3.63, 3.8) is 0 Å². The van der Waals surface area contributed by atoms with Crippen molar-refractivity contribution < 1.29 is 23.1 Å². The highest BCUT2D eigenvalue weighted by atomic mass is 19.3. The van der Waals surface area contributed by atoms with Crippen molar-refractivity contribution in [3.05, 3.63) is 17.3 Å². The second-order valence-electron chi connectivity index (χ2n) is 4.56. The van der Waals surface area contributed by atoms with E-state index < -0.39 is 23.8 Å². The maximum atomic E-state index is 12.7. The fourth-order valence-corrected chi connectivity index (χ4v) is 2.35. The number of hydrogen-bond acceptors (Lipinski definition) is 3. The van der Waals surface area contributed by atoms with Gasteiger partial charge in [-0.2, -0.15) is 0 Å². The van der Waals surface area contributed by atoms with Crippen molar-refractivity contribution in [2.24, 2.45) is 0 Å².